The van der Waals surface area contributed by atoms with Crippen LogP contribution in [0.3, 0.4) is 0 Å². The summed E-state index contributed by atoms with van der Waals surface area (Å²) in [5, 5.41) is 12.4. The second-order valence-electron chi connectivity index (χ2n) is 6.85. The van der Waals surface area contributed by atoms with Crippen molar-refractivity contribution in [2.24, 2.45) is 0 Å². The molecular weight excluding hydrogens is 364 g/mol. The standard InChI is InChI=1S/C18H24N6O4/c1-26-8-7-24-21-16(20-22-24)15-11-23(6-9-28-15)18(25)13-10-12-4-3-5-14(12)19-17(13)27-2/h10,15H,3-9,11H2,1-2H3. The topological polar surface area (TPSA) is 104 Å². The summed E-state index contributed by atoms with van der Waals surface area (Å²) >= 11 is 0. The third kappa shape index (κ3) is 3.69. The highest BCUT2D eigenvalue weighted by Crippen LogP contribution is 2.28. The Hall–Kier alpha value is -2.59. The van der Waals surface area contributed by atoms with Gasteiger partial charge in [-0.3, -0.25) is 4.79 Å². The normalized spacial score (nSPS) is 18.9. The maximum atomic E-state index is 13.2. The van der Waals surface area contributed by atoms with Crippen LogP contribution < -0.4 is 4.74 Å². The van der Waals surface area contributed by atoms with Crippen LogP contribution in [0.15, 0.2) is 6.07 Å². The van der Waals surface area contributed by atoms with Gasteiger partial charge >= 0.3 is 0 Å². The molecule has 1 atom stereocenters. The molecular formula is C18H24N6O4. The fraction of sp³-hybridized carbons (Fsp3) is 0.611. The van der Waals surface area contributed by atoms with E-state index in [1.165, 1.54) is 4.80 Å². The number of carbonyl (C=O) groups excluding carboxylic acids is 1. The first-order valence-corrected chi connectivity index (χ1v) is 9.44. The number of rotatable bonds is 6. The number of aryl methyl sites for hydroxylation is 2. The number of hydrogen-bond acceptors (Lipinski definition) is 8. The molecule has 28 heavy (non-hydrogen) atoms. The molecule has 150 valence electrons. The van der Waals surface area contributed by atoms with Gasteiger partial charge in [0.25, 0.3) is 5.91 Å². The minimum absolute atomic E-state index is 0.112. The van der Waals surface area contributed by atoms with Crippen LogP contribution in [0.1, 0.15) is 40.0 Å². The van der Waals surface area contributed by atoms with E-state index in [2.05, 4.69) is 20.4 Å². The second-order valence-corrected chi connectivity index (χ2v) is 6.85. The Morgan fingerprint density at radius 2 is 2.25 bits per heavy atom. The van der Waals surface area contributed by atoms with Crippen LogP contribution in [0, 0.1) is 0 Å². The van der Waals surface area contributed by atoms with Crippen LogP contribution >= 0.6 is 0 Å². The van der Waals surface area contributed by atoms with Crippen molar-refractivity contribution in [3.63, 3.8) is 0 Å². The van der Waals surface area contributed by atoms with Gasteiger partial charge in [0.05, 0.1) is 33.4 Å². The number of pyridine rings is 1. The molecule has 1 aliphatic carbocycles. The lowest BCUT2D eigenvalue weighted by Crippen LogP contribution is -2.42. The number of nitrogens with zero attached hydrogens (tertiary/aromatic N) is 6. The third-order valence-electron chi connectivity index (χ3n) is 5.04. The van der Waals surface area contributed by atoms with E-state index in [-0.39, 0.29) is 5.91 Å². The highest BCUT2D eigenvalue weighted by atomic mass is 16.5. The largest absolute Gasteiger partial charge is 0.480 e. The molecule has 1 unspecified atom stereocenters. The molecule has 10 heteroatoms. The van der Waals surface area contributed by atoms with Crippen molar-refractivity contribution in [2.75, 3.05) is 40.5 Å². The predicted molar refractivity (Wildman–Crippen MR) is 97.1 cm³/mol. The Morgan fingerprint density at radius 1 is 1.36 bits per heavy atom. The van der Waals surface area contributed by atoms with Crippen molar-refractivity contribution >= 4 is 5.91 Å². The molecule has 3 heterocycles. The zero-order valence-corrected chi connectivity index (χ0v) is 16.1. The minimum Gasteiger partial charge on any atom is -0.480 e. The first-order chi connectivity index (χ1) is 13.7. The van der Waals surface area contributed by atoms with Crippen LogP contribution in [0.2, 0.25) is 0 Å². The number of morpholine rings is 1. The molecule has 2 aliphatic rings. The van der Waals surface area contributed by atoms with E-state index in [0.29, 0.717) is 50.1 Å². The Morgan fingerprint density at radius 3 is 3.07 bits per heavy atom. The van der Waals surface area contributed by atoms with Gasteiger partial charge in [-0.2, -0.15) is 4.80 Å². The van der Waals surface area contributed by atoms with Gasteiger partial charge in [0.1, 0.15) is 11.7 Å². The number of tetrazole rings is 1. The quantitative estimate of drug-likeness (QED) is 0.701. The van der Waals surface area contributed by atoms with E-state index in [4.69, 9.17) is 14.2 Å². The van der Waals surface area contributed by atoms with Crippen molar-refractivity contribution in [2.45, 2.75) is 31.9 Å². The van der Waals surface area contributed by atoms with Crippen LogP contribution in [-0.2, 0) is 28.9 Å². The molecule has 0 spiro atoms. The second kappa shape index (κ2) is 8.19. The summed E-state index contributed by atoms with van der Waals surface area (Å²) in [6.45, 7) is 2.26. The summed E-state index contributed by atoms with van der Waals surface area (Å²) in [6, 6.07) is 1.93. The van der Waals surface area contributed by atoms with Crippen LogP contribution in [-0.4, -0.2) is 76.5 Å². The monoisotopic (exact) mass is 388 g/mol. The number of carbonyl (C=O) groups is 1. The Bertz CT molecular complexity index is 855. The molecule has 4 rings (SSSR count). The summed E-state index contributed by atoms with van der Waals surface area (Å²) < 4.78 is 16.2. The van der Waals surface area contributed by atoms with Crippen LogP contribution in [0.5, 0.6) is 5.88 Å². The average molecular weight is 388 g/mol. The summed E-state index contributed by atoms with van der Waals surface area (Å²) in [4.78, 5) is 20.9. The van der Waals surface area contributed by atoms with Gasteiger partial charge in [0.15, 0.2) is 0 Å². The molecule has 0 saturated carbocycles. The van der Waals surface area contributed by atoms with E-state index in [1.54, 1.807) is 19.1 Å². The maximum absolute atomic E-state index is 13.2. The number of fused-ring (bicyclic) bond motifs is 1. The number of aromatic nitrogens is 5. The van der Waals surface area contributed by atoms with Gasteiger partial charge in [-0.25, -0.2) is 4.98 Å². The molecule has 1 saturated heterocycles. The highest BCUT2D eigenvalue weighted by molar-refractivity contribution is 5.96. The lowest BCUT2D eigenvalue weighted by molar-refractivity contribution is -0.0270. The lowest BCUT2D eigenvalue weighted by atomic mass is 10.1. The van der Waals surface area contributed by atoms with E-state index < -0.39 is 6.10 Å². The third-order valence-corrected chi connectivity index (χ3v) is 5.04. The number of hydrogen-bond donors (Lipinski definition) is 0. The molecule has 0 bridgehead atoms. The van der Waals surface area contributed by atoms with Gasteiger partial charge in [0.2, 0.25) is 11.7 Å². The molecule has 0 N–H and O–H groups in total. The average Bonchev–Trinajstić information content (AvgIpc) is 3.39. The Labute approximate surface area is 162 Å². The summed E-state index contributed by atoms with van der Waals surface area (Å²) in [7, 11) is 3.17. The van der Waals surface area contributed by atoms with Crippen LogP contribution in [0.25, 0.3) is 0 Å². The fourth-order valence-corrected chi connectivity index (χ4v) is 3.57. The zero-order chi connectivity index (χ0) is 19.5. The molecule has 1 aliphatic heterocycles. The summed E-state index contributed by atoms with van der Waals surface area (Å²) in [5.41, 5.74) is 2.67. The van der Waals surface area contributed by atoms with Gasteiger partial charge in [0, 0.05) is 19.3 Å². The molecule has 1 fully saturated rings. The molecule has 1 amide bonds. The first kappa shape index (κ1) is 18.8. The van der Waals surface area contributed by atoms with Gasteiger partial charge in [-0.1, -0.05) is 0 Å². The molecule has 2 aromatic rings. The first-order valence-electron chi connectivity index (χ1n) is 9.44. The van der Waals surface area contributed by atoms with E-state index in [9.17, 15) is 4.79 Å². The number of amides is 1. The fourth-order valence-electron chi connectivity index (χ4n) is 3.57. The predicted octanol–water partition coefficient (Wildman–Crippen LogP) is 0.425. The van der Waals surface area contributed by atoms with Crippen molar-refractivity contribution in [3.8, 4) is 5.88 Å². The van der Waals surface area contributed by atoms with E-state index in [1.807, 2.05) is 6.07 Å². The SMILES string of the molecule is COCCn1nnc(C2CN(C(=O)c3cc4c(nc3OC)CCC4)CCO2)n1. The lowest BCUT2D eigenvalue weighted by Gasteiger charge is -2.31. The van der Waals surface area contributed by atoms with Gasteiger partial charge < -0.3 is 19.1 Å². The molecule has 0 radical (unpaired) electrons. The Kier molecular flexibility index (Phi) is 5.49. The summed E-state index contributed by atoms with van der Waals surface area (Å²) in [6.07, 6.45) is 2.53. The molecule has 2 aromatic heterocycles. The Balaban J connectivity index is 1.50. The number of ether oxygens (including phenoxy) is 3. The minimum atomic E-state index is -0.414. The molecule has 10 nitrogen and oxygen atoms in total. The smallest absolute Gasteiger partial charge is 0.259 e. The van der Waals surface area contributed by atoms with Gasteiger partial charge in [-0.15, -0.1) is 10.2 Å². The van der Waals surface area contributed by atoms with Crippen molar-refractivity contribution in [3.05, 3.63) is 28.7 Å². The maximum Gasteiger partial charge on any atom is 0.259 e. The van der Waals surface area contributed by atoms with E-state index in [0.717, 1.165) is 30.5 Å². The number of methoxy groups -OCH3 is 2. The van der Waals surface area contributed by atoms with Crippen molar-refractivity contribution in [1.82, 2.24) is 30.1 Å². The van der Waals surface area contributed by atoms with E-state index >= 15 is 0 Å². The highest BCUT2D eigenvalue weighted by Gasteiger charge is 2.31. The van der Waals surface area contributed by atoms with Gasteiger partial charge in [-0.05, 0) is 36.1 Å². The van der Waals surface area contributed by atoms with Crippen LogP contribution in [0.4, 0.5) is 0 Å². The molecule has 0 aromatic carbocycles. The summed E-state index contributed by atoms with van der Waals surface area (Å²) in [5.74, 6) is 0.740. The van der Waals surface area contributed by atoms with Crippen molar-refractivity contribution in [1.29, 1.82) is 0 Å². The van der Waals surface area contributed by atoms with Crippen molar-refractivity contribution < 1.29 is 19.0 Å². The zero-order valence-electron chi connectivity index (χ0n) is 16.1.